The molecule has 55 heavy (non-hydrogen) atoms. The number of nitrogens with zero attached hydrogens (tertiary/aromatic N) is 7. The van der Waals surface area contributed by atoms with Gasteiger partial charge in [-0.25, -0.2) is 0 Å². The van der Waals surface area contributed by atoms with Crippen molar-refractivity contribution in [2.75, 3.05) is 62.8 Å². The van der Waals surface area contributed by atoms with Crippen molar-refractivity contribution < 1.29 is 24.2 Å². The van der Waals surface area contributed by atoms with Gasteiger partial charge >= 0.3 is 6.01 Å². The molecule has 2 fully saturated rings. The molecule has 1 N–H and O–H groups in total. The number of methoxy groups -OCH3 is 1. The molecule has 3 aliphatic heterocycles. The number of hydrogen-bond donors (Lipinski definition) is 1. The summed E-state index contributed by atoms with van der Waals surface area (Å²) in [6, 6.07) is 17.5. The summed E-state index contributed by atoms with van der Waals surface area (Å²) in [6.45, 7) is 11.6. The molecule has 4 aromatic rings. The van der Waals surface area contributed by atoms with E-state index in [1.807, 2.05) is 32.0 Å². The maximum Gasteiger partial charge on any atom is 0.318 e. The van der Waals surface area contributed by atoms with Gasteiger partial charge in [-0.2, -0.15) is 15.2 Å². The Morgan fingerprint density at radius 1 is 1.09 bits per heavy atom. The van der Waals surface area contributed by atoms with Gasteiger partial charge in [-0.1, -0.05) is 56.3 Å². The van der Waals surface area contributed by atoms with Crippen LogP contribution in [0.25, 0.3) is 10.8 Å². The zero-order valence-corrected chi connectivity index (χ0v) is 32.3. The van der Waals surface area contributed by atoms with Gasteiger partial charge < -0.3 is 34.2 Å². The van der Waals surface area contributed by atoms with Gasteiger partial charge in [0.25, 0.3) is 5.91 Å². The molecule has 12 nitrogen and oxygen atoms in total. The lowest BCUT2D eigenvalue weighted by atomic mass is 9.98. The van der Waals surface area contributed by atoms with Gasteiger partial charge in [-0.05, 0) is 54.0 Å². The quantitative estimate of drug-likeness (QED) is 0.182. The van der Waals surface area contributed by atoms with Gasteiger partial charge in [0.05, 0.1) is 55.1 Å². The average Bonchev–Trinajstić information content (AvgIpc) is 3.68. The van der Waals surface area contributed by atoms with Crippen LogP contribution in [0, 0.1) is 17.2 Å². The van der Waals surface area contributed by atoms with Gasteiger partial charge in [-0.15, -0.1) is 0 Å². The van der Waals surface area contributed by atoms with Gasteiger partial charge in [0.2, 0.25) is 5.91 Å². The molecular formula is C42H46ClN7O5. The molecule has 0 unspecified atom stereocenters. The summed E-state index contributed by atoms with van der Waals surface area (Å²) in [5.41, 5.74) is 4.02. The number of likely N-dealkylation sites (tertiary alicyclic amines) is 1. The first-order valence-electron chi connectivity index (χ1n) is 18.8. The smallest absolute Gasteiger partial charge is 0.318 e. The molecule has 4 heterocycles. The Bertz CT molecular complexity index is 2170. The summed E-state index contributed by atoms with van der Waals surface area (Å²) in [5.74, 6) is 0.946. The Kier molecular flexibility index (Phi) is 11.0. The number of anilines is 2. The van der Waals surface area contributed by atoms with Crippen LogP contribution in [-0.4, -0.2) is 95.7 Å². The van der Waals surface area contributed by atoms with Gasteiger partial charge in [-0.3, -0.25) is 9.59 Å². The highest BCUT2D eigenvalue weighted by Crippen LogP contribution is 2.38. The molecule has 7 rings (SSSR count). The Morgan fingerprint density at radius 3 is 2.64 bits per heavy atom. The molecule has 2 atom stereocenters. The predicted octanol–water partition coefficient (Wildman–Crippen LogP) is 6.34. The fourth-order valence-electron chi connectivity index (χ4n) is 8.10. The fraction of sp³-hybridized carbons (Fsp3) is 0.405. The number of ether oxygens (including phenoxy) is 2. The largest absolute Gasteiger partial charge is 0.508 e. The molecule has 0 bridgehead atoms. The third-order valence-electron chi connectivity index (χ3n) is 11.0. The molecular weight excluding hydrogens is 718 g/mol. The Labute approximate surface area is 326 Å². The lowest BCUT2D eigenvalue weighted by molar-refractivity contribution is -0.128. The molecule has 0 saturated carbocycles. The van der Waals surface area contributed by atoms with Crippen molar-refractivity contribution in [2.45, 2.75) is 51.6 Å². The van der Waals surface area contributed by atoms with Gasteiger partial charge in [0, 0.05) is 67.9 Å². The fourth-order valence-corrected chi connectivity index (χ4v) is 8.37. The van der Waals surface area contributed by atoms with E-state index in [1.54, 1.807) is 15.9 Å². The van der Waals surface area contributed by atoms with E-state index in [0.717, 1.165) is 46.5 Å². The number of benzene rings is 3. The zero-order valence-electron chi connectivity index (χ0n) is 31.5. The number of fused-ring (bicyclic) bond motifs is 2. The van der Waals surface area contributed by atoms with Crippen molar-refractivity contribution >= 4 is 45.7 Å². The molecule has 3 aliphatic rings. The van der Waals surface area contributed by atoms with E-state index in [-0.39, 0.29) is 47.9 Å². The maximum absolute atomic E-state index is 13.8. The van der Waals surface area contributed by atoms with Crippen LogP contribution in [0.3, 0.4) is 0 Å². The van der Waals surface area contributed by atoms with E-state index in [2.05, 4.69) is 40.6 Å². The monoisotopic (exact) mass is 763 g/mol. The van der Waals surface area contributed by atoms with Crippen molar-refractivity contribution in [3.05, 3.63) is 88.6 Å². The van der Waals surface area contributed by atoms with Crippen LogP contribution in [0.4, 0.5) is 11.5 Å². The molecule has 2 amide bonds. The van der Waals surface area contributed by atoms with E-state index >= 15 is 0 Å². The first-order chi connectivity index (χ1) is 26.6. The normalized spacial score (nSPS) is 18.3. The van der Waals surface area contributed by atoms with Gasteiger partial charge in [0.15, 0.2) is 0 Å². The summed E-state index contributed by atoms with van der Waals surface area (Å²) >= 11 is 6.75. The lowest BCUT2D eigenvalue weighted by Crippen LogP contribution is -2.55. The van der Waals surface area contributed by atoms with Crippen molar-refractivity contribution in [3.8, 4) is 23.6 Å². The molecule has 1 aromatic heterocycles. The molecule has 0 spiro atoms. The highest BCUT2D eigenvalue weighted by Gasteiger charge is 2.34. The Balaban J connectivity index is 1.15. The number of nitriles is 1. The molecule has 0 aliphatic carbocycles. The minimum atomic E-state index is -0.317. The summed E-state index contributed by atoms with van der Waals surface area (Å²) in [6.07, 6.45) is 2.91. The third kappa shape index (κ3) is 7.58. The van der Waals surface area contributed by atoms with Crippen LogP contribution in [-0.2, 0) is 17.8 Å². The first-order valence-corrected chi connectivity index (χ1v) is 19.2. The number of amides is 2. The minimum Gasteiger partial charge on any atom is -0.508 e. The zero-order chi connectivity index (χ0) is 38.8. The molecule has 286 valence electrons. The first kappa shape index (κ1) is 37.8. The SMILES string of the molecule is C=CC(=O)N1CCN(c2nc(OC[C@@H]3CCN(C(=O)c4cc(C(C)C)c(O)cc4OC)C3)nc3c2CCN(c2cccc4cccc(Cl)c24)C3)C[C@@H]1CC#N. The number of piperazine rings is 1. The van der Waals surface area contributed by atoms with Crippen molar-refractivity contribution in [1.29, 1.82) is 5.26 Å². The van der Waals surface area contributed by atoms with E-state index in [1.165, 1.54) is 19.3 Å². The second-order valence-corrected chi connectivity index (χ2v) is 15.1. The number of phenols is 1. The third-order valence-corrected chi connectivity index (χ3v) is 11.3. The number of carbonyl (C=O) groups is 2. The van der Waals surface area contributed by atoms with E-state index in [0.29, 0.717) is 74.2 Å². The Morgan fingerprint density at radius 2 is 1.89 bits per heavy atom. The maximum atomic E-state index is 13.8. The highest BCUT2D eigenvalue weighted by molar-refractivity contribution is 6.36. The number of halogens is 1. The van der Waals surface area contributed by atoms with Crippen LogP contribution in [0.5, 0.6) is 17.5 Å². The van der Waals surface area contributed by atoms with Crippen molar-refractivity contribution in [3.63, 3.8) is 0 Å². The topological polar surface area (TPSA) is 135 Å². The number of phenolic OH excluding ortho intramolecular Hbond substituents is 1. The number of aromatic hydroxyl groups is 1. The Hall–Kier alpha value is -5.54. The number of rotatable bonds is 10. The number of hydrogen-bond acceptors (Lipinski definition) is 10. The van der Waals surface area contributed by atoms with Crippen LogP contribution >= 0.6 is 11.6 Å². The van der Waals surface area contributed by atoms with Crippen molar-refractivity contribution in [1.82, 2.24) is 19.8 Å². The second-order valence-electron chi connectivity index (χ2n) is 14.7. The summed E-state index contributed by atoms with van der Waals surface area (Å²) in [7, 11) is 1.49. The van der Waals surface area contributed by atoms with E-state index < -0.39 is 0 Å². The standard InChI is InChI=1S/C42H46ClN7O5/c1-5-38(52)50-19-18-48(23-29(50)12-15-44)40-30-14-17-47(35-11-7-9-28-8-6-10-33(43)39(28)35)24-34(30)45-42(46-40)55-25-27-13-16-49(22-27)41(53)32-20-31(26(2)3)36(51)21-37(32)54-4/h5-11,20-21,26-27,29,51H,1,12-14,16-19,22-25H2,2-4H3/t27-,29+/m1/s1. The summed E-state index contributed by atoms with van der Waals surface area (Å²) < 4.78 is 11.9. The van der Waals surface area contributed by atoms with Crippen molar-refractivity contribution in [2.24, 2.45) is 5.92 Å². The molecule has 13 heteroatoms. The van der Waals surface area contributed by atoms with Crippen LogP contribution in [0.15, 0.2) is 61.2 Å². The predicted molar refractivity (Wildman–Crippen MR) is 212 cm³/mol. The van der Waals surface area contributed by atoms with Gasteiger partial charge in [0.1, 0.15) is 17.3 Å². The highest BCUT2D eigenvalue weighted by atomic mass is 35.5. The van der Waals surface area contributed by atoms with Crippen LogP contribution in [0.1, 0.15) is 59.8 Å². The van der Waals surface area contributed by atoms with Crippen LogP contribution in [0.2, 0.25) is 5.02 Å². The molecule has 2 saturated heterocycles. The molecule has 0 radical (unpaired) electrons. The second kappa shape index (κ2) is 16.1. The summed E-state index contributed by atoms with van der Waals surface area (Å²) in [5, 5.41) is 22.9. The van der Waals surface area contributed by atoms with Crippen LogP contribution < -0.4 is 19.3 Å². The minimum absolute atomic E-state index is 0.0337. The number of aromatic nitrogens is 2. The lowest BCUT2D eigenvalue weighted by Gasteiger charge is -2.42. The molecule has 3 aromatic carbocycles. The number of carbonyl (C=O) groups excluding carboxylic acids is 2. The van der Waals surface area contributed by atoms with E-state index in [4.69, 9.17) is 31.0 Å². The summed E-state index contributed by atoms with van der Waals surface area (Å²) in [4.78, 5) is 44.4. The van der Waals surface area contributed by atoms with E-state index in [9.17, 15) is 20.0 Å². The average molecular weight is 764 g/mol.